The summed E-state index contributed by atoms with van der Waals surface area (Å²) in [5.74, 6) is 0.505. The highest BCUT2D eigenvalue weighted by Gasteiger charge is 2.35. The van der Waals surface area contributed by atoms with Gasteiger partial charge in [0.05, 0.1) is 17.6 Å². The Bertz CT molecular complexity index is 933. The third-order valence-electron chi connectivity index (χ3n) is 4.61. The number of hydrogen-bond acceptors (Lipinski definition) is 5. The molecule has 1 saturated heterocycles. The molecule has 0 radical (unpaired) electrons. The van der Waals surface area contributed by atoms with Crippen molar-refractivity contribution in [3.05, 3.63) is 48.0 Å². The molecule has 136 valence electrons. The van der Waals surface area contributed by atoms with Gasteiger partial charge in [-0.2, -0.15) is 5.26 Å². The Labute approximate surface area is 156 Å². The number of anilines is 2. The van der Waals surface area contributed by atoms with Gasteiger partial charge >= 0.3 is 0 Å². The van der Waals surface area contributed by atoms with Crippen molar-refractivity contribution >= 4 is 23.2 Å². The zero-order valence-corrected chi connectivity index (χ0v) is 14.5. The summed E-state index contributed by atoms with van der Waals surface area (Å²) in [5, 5.41) is 11.6. The van der Waals surface area contributed by atoms with Gasteiger partial charge < -0.3 is 19.7 Å². The van der Waals surface area contributed by atoms with Crippen LogP contribution in [0, 0.1) is 17.2 Å². The lowest BCUT2D eigenvalue weighted by atomic mass is 10.1. The molecule has 1 atom stereocenters. The molecule has 0 bridgehead atoms. The third-order valence-corrected chi connectivity index (χ3v) is 4.61. The van der Waals surface area contributed by atoms with Gasteiger partial charge in [-0.25, -0.2) is 0 Å². The minimum absolute atomic E-state index is 0.105. The first-order valence-corrected chi connectivity index (χ1v) is 8.65. The van der Waals surface area contributed by atoms with Crippen molar-refractivity contribution in [3.8, 4) is 17.6 Å². The molecule has 27 heavy (non-hydrogen) atoms. The number of nitriles is 1. The van der Waals surface area contributed by atoms with E-state index in [-0.39, 0.29) is 18.2 Å². The quantitative estimate of drug-likeness (QED) is 0.904. The zero-order chi connectivity index (χ0) is 18.8. The predicted octanol–water partition coefficient (Wildman–Crippen LogP) is 2.32. The van der Waals surface area contributed by atoms with Crippen LogP contribution < -0.4 is 19.7 Å². The molecule has 2 heterocycles. The molecule has 0 aromatic heterocycles. The van der Waals surface area contributed by atoms with E-state index < -0.39 is 5.92 Å². The number of nitrogens with zero attached hydrogens (tertiary/aromatic N) is 2. The average molecular weight is 363 g/mol. The smallest absolute Gasteiger partial charge is 0.229 e. The summed E-state index contributed by atoms with van der Waals surface area (Å²) in [5.41, 5.74) is 1.82. The monoisotopic (exact) mass is 363 g/mol. The average Bonchev–Trinajstić information content (AvgIpc) is 3.10. The highest BCUT2D eigenvalue weighted by atomic mass is 16.6. The van der Waals surface area contributed by atoms with Crippen molar-refractivity contribution in [3.63, 3.8) is 0 Å². The Morgan fingerprint density at radius 1 is 1.11 bits per heavy atom. The number of carbonyl (C=O) groups is 2. The summed E-state index contributed by atoms with van der Waals surface area (Å²) in [7, 11) is 0. The predicted molar refractivity (Wildman–Crippen MR) is 97.7 cm³/mol. The van der Waals surface area contributed by atoms with Crippen LogP contribution in [-0.4, -0.2) is 31.6 Å². The van der Waals surface area contributed by atoms with Crippen LogP contribution in [0.3, 0.4) is 0 Å². The summed E-state index contributed by atoms with van der Waals surface area (Å²) in [6, 6.07) is 14.0. The van der Waals surface area contributed by atoms with Crippen LogP contribution in [0.2, 0.25) is 0 Å². The molecular formula is C20H17N3O4. The second-order valence-electron chi connectivity index (χ2n) is 6.41. The maximum absolute atomic E-state index is 12.5. The molecule has 1 fully saturated rings. The van der Waals surface area contributed by atoms with Crippen LogP contribution in [0.4, 0.5) is 11.4 Å². The van der Waals surface area contributed by atoms with E-state index >= 15 is 0 Å². The van der Waals surface area contributed by atoms with E-state index in [0.29, 0.717) is 48.2 Å². The number of carbonyl (C=O) groups excluding carboxylic acids is 2. The lowest BCUT2D eigenvalue weighted by Crippen LogP contribution is -2.28. The van der Waals surface area contributed by atoms with Gasteiger partial charge in [-0.3, -0.25) is 9.59 Å². The fraction of sp³-hybridized carbons (Fsp3) is 0.250. The molecule has 7 nitrogen and oxygen atoms in total. The molecule has 2 aromatic carbocycles. The van der Waals surface area contributed by atoms with Gasteiger partial charge in [0.25, 0.3) is 0 Å². The SMILES string of the molecule is N#Cc1ccc(NC(=O)[C@H]2CC(=O)N(c3ccc4c(c3)OCCO4)C2)cc1. The number of hydrogen-bond donors (Lipinski definition) is 1. The van der Waals surface area contributed by atoms with Gasteiger partial charge in [-0.05, 0) is 36.4 Å². The summed E-state index contributed by atoms with van der Waals surface area (Å²) in [4.78, 5) is 26.6. The van der Waals surface area contributed by atoms with E-state index in [0.717, 1.165) is 0 Å². The second kappa shape index (κ2) is 7.00. The van der Waals surface area contributed by atoms with Crippen LogP contribution in [0.5, 0.6) is 11.5 Å². The highest BCUT2D eigenvalue weighted by molar-refractivity contribution is 6.03. The van der Waals surface area contributed by atoms with Crippen molar-refractivity contribution in [1.29, 1.82) is 5.26 Å². The Morgan fingerprint density at radius 2 is 1.85 bits per heavy atom. The number of amides is 2. The van der Waals surface area contributed by atoms with Crippen molar-refractivity contribution in [2.24, 2.45) is 5.92 Å². The van der Waals surface area contributed by atoms with Gasteiger partial charge in [0, 0.05) is 30.4 Å². The van der Waals surface area contributed by atoms with E-state index in [9.17, 15) is 9.59 Å². The molecule has 0 spiro atoms. The maximum Gasteiger partial charge on any atom is 0.229 e. The molecule has 2 aliphatic heterocycles. The molecule has 2 aromatic rings. The molecular weight excluding hydrogens is 346 g/mol. The van der Waals surface area contributed by atoms with Gasteiger partial charge in [-0.15, -0.1) is 0 Å². The lowest BCUT2D eigenvalue weighted by molar-refractivity contribution is -0.122. The molecule has 0 saturated carbocycles. The number of fused-ring (bicyclic) bond motifs is 1. The topological polar surface area (TPSA) is 91.7 Å². The van der Waals surface area contributed by atoms with Crippen LogP contribution in [0.1, 0.15) is 12.0 Å². The lowest BCUT2D eigenvalue weighted by Gasteiger charge is -2.22. The maximum atomic E-state index is 12.5. The van der Waals surface area contributed by atoms with E-state index in [1.807, 2.05) is 6.07 Å². The summed E-state index contributed by atoms with van der Waals surface area (Å²) >= 11 is 0. The summed E-state index contributed by atoms with van der Waals surface area (Å²) in [6.45, 7) is 1.28. The minimum atomic E-state index is -0.443. The van der Waals surface area contributed by atoms with E-state index in [4.69, 9.17) is 14.7 Å². The first-order valence-electron chi connectivity index (χ1n) is 8.65. The van der Waals surface area contributed by atoms with Crippen LogP contribution >= 0.6 is 0 Å². The van der Waals surface area contributed by atoms with Crippen molar-refractivity contribution < 1.29 is 19.1 Å². The van der Waals surface area contributed by atoms with E-state index in [2.05, 4.69) is 5.32 Å². The Balaban J connectivity index is 1.45. The van der Waals surface area contributed by atoms with E-state index in [1.54, 1.807) is 47.4 Å². The molecule has 4 rings (SSSR count). The molecule has 0 unspecified atom stereocenters. The van der Waals surface area contributed by atoms with Crippen molar-refractivity contribution in [2.45, 2.75) is 6.42 Å². The van der Waals surface area contributed by atoms with Gasteiger partial charge in [0.2, 0.25) is 11.8 Å². The second-order valence-corrected chi connectivity index (χ2v) is 6.41. The largest absolute Gasteiger partial charge is 0.486 e. The van der Waals surface area contributed by atoms with Gasteiger partial charge in [0.1, 0.15) is 13.2 Å². The highest BCUT2D eigenvalue weighted by Crippen LogP contribution is 2.36. The first kappa shape index (κ1) is 16.9. The molecule has 2 aliphatic rings. The van der Waals surface area contributed by atoms with Crippen molar-refractivity contribution in [2.75, 3.05) is 30.0 Å². The Morgan fingerprint density at radius 3 is 2.59 bits per heavy atom. The summed E-state index contributed by atoms with van der Waals surface area (Å²) < 4.78 is 11.1. The molecule has 1 N–H and O–H groups in total. The third kappa shape index (κ3) is 3.42. The molecule has 0 aliphatic carbocycles. The van der Waals surface area contributed by atoms with Crippen LogP contribution in [0.15, 0.2) is 42.5 Å². The molecule has 7 heteroatoms. The fourth-order valence-electron chi connectivity index (χ4n) is 3.21. The Kier molecular flexibility index (Phi) is 4.38. The number of ether oxygens (including phenoxy) is 2. The first-order chi connectivity index (χ1) is 13.1. The standard InChI is InChI=1S/C20H17N3O4/c21-11-13-1-3-15(4-2-13)22-20(25)14-9-19(24)23(12-14)16-5-6-17-18(10-16)27-8-7-26-17/h1-6,10,14H,7-9,12H2,(H,22,25)/t14-/m0/s1. The van der Waals surface area contributed by atoms with E-state index in [1.165, 1.54) is 0 Å². The summed E-state index contributed by atoms with van der Waals surface area (Å²) in [6.07, 6.45) is 0.149. The number of rotatable bonds is 3. The van der Waals surface area contributed by atoms with Gasteiger partial charge in [-0.1, -0.05) is 0 Å². The Hall–Kier alpha value is -3.53. The van der Waals surface area contributed by atoms with Crippen LogP contribution in [0.25, 0.3) is 0 Å². The normalized spacial score (nSPS) is 18.1. The fourth-order valence-corrected chi connectivity index (χ4v) is 3.21. The number of benzene rings is 2. The number of nitrogens with one attached hydrogen (secondary N) is 1. The zero-order valence-electron chi connectivity index (χ0n) is 14.5. The van der Waals surface area contributed by atoms with Gasteiger partial charge in [0.15, 0.2) is 11.5 Å². The molecule has 2 amide bonds. The van der Waals surface area contributed by atoms with Crippen molar-refractivity contribution in [1.82, 2.24) is 0 Å². The van der Waals surface area contributed by atoms with Crippen LogP contribution in [-0.2, 0) is 9.59 Å². The minimum Gasteiger partial charge on any atom is -0.486 e.